The summed E-state index contributed by atoms with van der Waals surface area (Å²) < 4.78 is 39.5. The fraction of sp³-hybridized carbons (Fsp3) is 0.150. The minimum absolute atomic E-state index is 0.0272. The minimum atomic E-state index is -4.42. The van der Waals surface area contributed by atoms with E-state index in [9.17, 15) is 18.0 Å². The Kier molecular flexibility index (Phi) is 5.75. The fourth-order valence-electron chi connectivity index (χ4n) is 2.38. The van der Waals surface area contributed by atoms with Gasteiger partial charge in [0.25, 0.3) is 5.91 Å². The number of halogens is 3. The van der Waals surface area contributed by atoms with Gasteiger partial charge in [-0.2, -0.15) is 13.2 Å². The summed E-state index contributed by atoms with van der Waals surface area (Å²) in [4.78, 5) is 12.1. The van der Waals surface area contributed by atoms with Crippen molar-refractivity contribution in [3.63, 3.8) is 0 Å². The molecule has 0 fully saturated rings. The zero-order valence-corrected chi connectivity index (χ0v) is 14.6. The molecule has 3 aromatic rings. The number of hydrogen-bond acceptors (Lipinski definition) is 3. The molecule has 1 aromatic heterocycles. The van der Waals surface area contributed by atoms with E-state index in [1.54, 1.807) is 4.68 Å². The van der Waals surface area contributed by atoms with Crippen LogP contribution in [-0.4, -0.2) is 27.4 Å². The topological polar surface area (TPSA) is 59.8 Å². The molecule has 0 saturated heterocycles. The monoisotopic (exact) mass is 384 g/mol. The molecule has 8 heteroatoms. The van der Waals surface area contributed by atoms with Crippen molar-refractivity contribution >= 4 is 5.91 Å². The molecule has 5 nitrogen and oxygen atoms in total. The van der Waals surface area contributed by atoms with Gasteiger partial charge in [0.2, 0.25) is 0 Å². The van der Waals surface area contributed by atoms with Gasteiger partial charge in [-0.25, -0.2) is 4.68 Å². The van der Waals surface area contributed by atoms with E-state index < -0.39 is 17.6 Å². The number of rotatable bonds is 4. The quantitative estimate of drug-likeness (QED) is 0.703. The summed E-state index contributed by atoms with van der Waals surface area (Å²) in [6.45, 7) is 0.455. The third-order valence-electron chi connectivity index (χ3n) is 3.72. The number of hydrogen-bond donors (Lipinski definition) is 1. The molecule has 3 rings (SSSR count). The number of nitrogens with zero attached hydrogens (tertiary/aromatic N) is 3. The minimum Gasteiger partial charge on any atom is -0.340 e. The summed E-state index contributed by atoms with van der Waals surface area (Å²) in [5, 5.41) is 10.3. The van der Waals surface area contributed by atoms with Gasteiger partial charge in [-0.05, 0) is 23.8 Å². The van der Waals surface area contributed by atoms with Crippen molar-refractivity contribution in [1.82, 2.24) is 20.3 Å². The van der Waals surface area contributed by atoms with Crippen LogP contribution in [0.25, 0.3) is 0 Å². The molecule has 1 N–H and O–H groups in total. The Morgan fingerprint density at radius 3 is 2.64 bits per heavy atom. The summed E-state index contributed by atoms with van der Waals surface area (Å²) in [5.74, 6) is 4.76. The number of alkyl halides is 3. The molecule has 2 aromatic carbocycles. The van der Waals surface area contributed by atoms with Crippen LogP contribution in [-0.2, 0) is 12.7 Å². The maximum atomic E-state index is 12.7. The summed E-state index contributed by atoms with van der Waals surface area (Å²) in [7, 11) is 0. The summed E-state index contributed by atoms with van der Waals surface area (Å²) in [6, 6.07) is 14.3. The maximum absolute atomic E-state index is 12.7. The molecule has 28 heavy (non-hydrogen) atoms. The number of nitrogens with one attached hydrogen (secondary N) is 1. The molecule has 0 unspecified atom stereocenters. The van der Waals surface area contributed by atoms with Gasteiger partial charge in [-0.1, -0.05) is 53.5 Å². The van der Waals surface area contributed by atoms with Crippen LogP contribution in [0, 0.1) is 11.8 Å². The van der Waals surface area contributed by atoms with E-state index in [4.69, 9.17) is 0 Å². The highest BCUT2D eigenvalue weighted by atomic mass is 19.4. The molecule has 0 aliphatic heterocycles. The predicted octanol–water partition coefficient (Wildman–Crippen LogP) is 3.13. The maximum Gasteiger partial charge on any atom is 0.416 e. The van der Waals surface area contributed by atoms with Gasteiger partial charge in [0.1, 0.15) is 0 Å². The average molecular weight is 384 g/mol. The highest BCUT2D eigenvalue weighted by molar-refractivity contribution is 5.91. The first-order chi connectivity index (χ1) is 13.4. The first-order valence-electron chi connectivity index (χ1n) is 8.30. The van der Waals surface area contributed by atoms with Crippen LogP contribution < -0.4 is 5.32 Å². The molecule has 0 atom stereocenters. The SMILES string of the molecule is O=C(NCC#Cc1cccc(C(F)(F)F)c1)c1cn(Cc2ccccc2)nn1. The molecule has 0 radical (unpaired) electrons. The molecular weight excluding hydrogens is 369 g/mol. The Morgan fingerprint density at radius 2 is 1.89 bits per heavy atom. The summed E-state index contributed by atoms with van der Waals surface area (Å²) in [5.41, 5.74) is 0.611. The van der Waals surface area contributed by atoms with Gasteiger partial charge in [0.15, 0.2) is 5.69 Å². The van der Waals surface area contributed by atoms with Crippen LogP contribution in [0.4, 0.5) is 13.2 Å². The summed E-state index contributed by atoms with van der Waals surface area (Å²) in [6.07, 6.45) is -2.90. The Balaban J connectivity index is 1.55. The van der Waals surface area contributed by atoms with Crippen molar-refractivity contribution in [3.05, 3.63) is 83.2 Å². The van der Waals surface area contributed by atoms with Crippen molar-refractivity contribution < 1.29 is 18.0 Å². The van der Waals surface area contributed by atoms with E-state index in [1.165, 1.54) is 18.3 Å². The van der Waals surface area contributed by atoms with Crippen molar-refractivity contribution in [2.45, 2.75) is 12.7 Å². The highest BCUT2D eigenvalue weighted by Crippen LogP contribution is 2.29. The van der Waals surface area contributed by atoms with Gasteiger partial charge < -0.3 is 5.32 Å². The van der Waals surface area contributed by atoms with Gasteiger partial charge in [-0.15, -0.1) is 5.10 Å². The zero-order chi connectivity index (χ0) is 20.0. The third-order valence-corrected chi connectivity index (χ3v) is 3.72. The van der Waals surface area contributed by atoms with Gasteiger partial charge in [-0.3, -0.25) is 4.79 Å². The number of carbonyl (C=O) groups excluding carboxylic acids is 1. The Hall–Kier alpha value is -3.60. The largest absolute Gasteiger partial charge is 0.416 e. The van der Waals surface area contributed by atoms with E-state index in [0.29, 0.717) is 6.54 Å². The zero-order valence-electron chi connectivity index (χ0n) is 14.6. The second kappa shape index (κ2) is 8.39. The lowest BCUT2D eigenvalue weighted by molar-refractivity contribution is -0.137. The molecule has 1 amide bonds. The number of amides is 1. The van der Waals surface area contributed by atoms with Crippen molar-refractivity contribution in [1.29, 1.82) is 0 Å². The van der Waals surface area contributed by atoms with E-state index >= 15 is 0 Å². The van der Waals surface area contributed by atoms with Crippen LogP contribution in [0.2, 0.25) is 0 Å². The van der Waals surface area contributed by atoms with Crippen LogP contribution in [0.1, 0.15) is 27.2 Å². The molecule has 1 heterocycles. The number of benzene rings is 2. The fourth-order valence-corrected chi connectivity index (χ4v) is 2.38. The third kappa shape index (κ3) is 5.20. The number of carbonyl (C=O) groups is 1. The van der Waals surface area contributed by atoms with Crippen LogP contribution in [0.3, 0.4) is 0 Å². The molecular formula is C20H15F3N4O. The average Bonchev–Trinajstić information content (AvgIpc) is 3.14. The normalized spacial score (nSPS) is 10.8. The molecule has 0 spiro atoms. The van der Waals surface area contributed by atoms with Gasteiger partial charge in [0.05, 0.1) is 24.8 Å². The lowest BCUT2D eigenvalue weighted by Gasteiger charge is -2.05. The molecule has 0 bridgehead atoms. The Morgan fingerprint density at radius 1 is 1.11 bits per heavy atom. The lowest BCUT2D eigenvalue weighted by atomic mass is 10.1. The first kappa shape index (κ1) is 19.2. The van der Waals surface area contributed by atoms with Crippen molar-refractivity contribution in [2.75, 3.05) is 6.54 Å². The van der Waals surface area contributed by atoms with Gasteiger partial charge >= 0.3 is 6.18 Å². The van der Waals surface area contributed by atoms with Crippen molar-refractivity contribution in [3.8, 4) is 11.8 Å². The smallest absolute Gasteiger partial charge is 0.340 e. The van der Waals surface area contributed by atoms with E-state index in [0.717, 1.165) is 17.7 Å². The first-order valence-corrected chi connectivity index (χ1v) is 8.30. The lowest BCUT2D eigenvalue weighted by Crippen LogP contribution is -2.24. The van der Waals surface area contributed by atoms with E-state index in [1.807, 2.05) is 30.3 Å². The predicted molar refractivity (Wildman–Crippen MR) is 96.2 cm³/mol. The Labute approximate surface area is 159 Å². The van der Waals surface area contributed by atoms with Crippen LogP contribution in [0.5, 0.6) is 0 Å². The Bertz CT molecular complexity index is 1020. The molecule has 142 valence electrons. The standard InChI is InChI=1S/C20H15F3N4O/c21-20(22,23)17-10-4-8-15(12-17)9-5-11-24-19(28)18-14-27(26-25-18)13-16-6-2-1-3-7-16/h1-4,6-8,10,12,14H,11,13H2,(H,24,28). The van der Waals surface area contributed by atoms with Crippen LogP contribution >= 0.6 is 0 Å². The van der Waals surface area contributed by atoms with E-state index in [-0.39, 0.29) is 17.8 Å². The second-order valence-electron chi connectivity index (χ2n) is 5.85. The highest BCUT2D eigenvalue weighted by Gasteiger charge is 2.30. The van der Waals surface area contributed by atoms with E-state index in [2.05, 4.69) is 27.5 Å². The van der Waals surface area contributed by atoms with Crippen LogP contribution in [0.15, 0.2) is 60.8 Å². The van der Waals surface area contributed by atoms with Gasteiger partial charge in [0, 0.05) is 5.56 Å². The molecule has 0 aliphatic carbocycles. The number of aromatic nitrogens is 3. The molecule has 0 saturated carbocycles. The molecule has 0 aliphatic rings. The summed E-state index contributed by atoms with van der Waals surface area (Å²) >= 11 is 0. The second-order valence-corrected chi connectivity index (χ2v) is 5.85. The van der Waals surface area contributed by atoms with Crippen molar-refractivity contribution in [2.24, 2.45) is 0 Å².